The van der Waals surface area contributed by atoms with Gasteiger partial charge in [-0.2, -0.15) is 26.3 Å². The number of nitrogens with one attached hydrogen (secondary N) is 2. The number of aromatic nitrogens is 2. The van der Waals surface area contributed by atoms with Gasteiger partial charge in [-0.05, 0) is 36.6 Å². The van der Waals surface area contributed by atoms with Gasteiger partial charge in [0.15, 0.2) is 11.3 Å². The highest BCUT2D eigenvalue weighted by atomic mass is 32.2. The molecule has 0 radical (unpaired) electrons. The summed E-state index contributed by atoms with van der Waals surface area (Å²) in [4.78, 5) is 65.8. The van der Waals surface area contributed by atoms with Gasteiger partial charge in [-0.1, -0.05) is 17.8 Å². The number of aliphatic hydroxyl groups excluding tert-OH is 1. The predicted molar refractivity (Wildman–Crippen MR) is 169 cm³/mol. The largest absolute Gasteiger partial charge is 0.406 e. The van der Waals surface area contributed by atoms with E-state index >= 15 is 0 Å². The minimum Gasteiger partial charge on any atom is -0.394 e. The molecule has 0 spiro atoms. The zero-order valence-corrected chi connectivity index (χ0v) is 27.6. The van der Waals surface area contributed by atoms with Gasteiger partial charge in [-0.15, -0.1) is 0 Å². The van der Waals surface area contributed by atoms with E-state index in [0.717, 1.165) is 11.8 Å². The lowest BCUT2D eigenvalue weighted by molar-refractivity contribution is -0.207. The van der Waals surface area contributed by atoms with Gasteiger partial charge in [0.05, 0.1) is 37.8 Å². The number of urea groups is 1. The number of aliphatic imine (C=N–C) groups is 1. The fourth-order valence-corrected chi connectivity index (χ4v) is 6.46. The van der Waals surface area contributed by atoms with Crippen molar-refractivity contribution in [3.05, 3.63) is 47.8 Å². The van der Waals surface area contributed by atoms with Crippen LogP contribution in [0, 0.1) is 5.92 Å². The van der Waals surface area contributed by atoms with Crippen LogP contribution in [0.15, 0.2) is 41.7 Å². The van der Waals surface area contributed by atoms with Crippen molar-refractivity contribution in [1.29, 1.82) is 0 Å². The Hall–Kier alpha value is -4.50. The zero-order valence-electron chi connectivity index (χ0n) is 26.8. The number of carbonyl (C=O) groups is 4. The van der Waals surface area contributed by atoms with Crippen molar-refractivity contribution < 1.29 is 55.4 Å². The number of amides is 5. The summed E-state index contributed by atoms with van der Waals surface area (Å²) in [5.41, 5.74) is 0.764. The summed E-state index contributed by atoms with van der Waals surface area (Å²) in [7, 11) is 0. The van der Waals surface area contributed by atoms with E-state index in [1.807, 2.05) is 0 Å². The van der Waals surface area contributed by atoms with Gasteiger partial charge in [0.2, 0.25) is 5.91 Å². The van der Waals surface area contributed by atoms with Crippen LogP contribution >= 0.6 is 11.8 Å². The summed E-state index contributed by atoms with van der Waals surface area (Å²) in [6.45, 7) is -0.511. The molecule has 21 heteroatoms. The number of imide groups is 1. The maximum absolute atomic E-state index is 13.5. The molecule has 1 aliphatic carbocycles. The Morgan fingerprint density at radius 1 is 1.08 bits per heavy atom. The lowest BCUT2D eigenvalue weighted by Crippen LogP contribution is -2.70. The van der Waals surface area contributed by atoms with Crippen molar-refractivity contribution in [2.24, 2.45) is 10.9 Å². The lowest BCUT2D eigenvalue weighted by Gasteiger charge is -2.48. The molecular weight excluding hydrogens is 714 g/mol. The number of hydrogen-bond donors (Lipinski definition) is 3. The van der Waals surface area contributed by atoms with E-state index in [-0.39, 0.29) is 60.4 Å². The van der Waals surface area contributed by atoms with E-state index in [0.29, 0.717) is 15.4 Å². The van der Waals surface area contributed by atoms with E-state index in [1.54, 1.807) is 12.1 Å². The third-order valence-electron chi connectivity index (χ3n) is 8.11. The molecule has 1 saturated carbocycles. The van der Waals surface area contributed by atoms with Crippen LogP contribution in [0.3, 0.4) is 0 Å². The van der Waals surface area contributed by atoms with Crippen molar-refractivity contribution in [3.8, 4) is 0 Å². The fourth-order valence-electron chi connectivity index (χ4n) is 5.60. The number of pyridine rings is 2. The number of thioether (sulfide) groups is 1. The van der Waals surface area contributed by atoms with E-state index < -0.39 is 73.8 Å². The zero-order chi connectivity index (χ0) is 37.1. The van der Waals surface area contributed by atoms with Crippen molar-refractivity contribution >= 4 is 52.3 Å². The van der Waals surface area contributed by atoms with E-state index in [1.165, 1.54) is 36.4 Å². The first-order valence-electron chi connectivity index (χ1n) is 15.5. The predicted octanol–water partition coefficient (Wildman–Crippen LogP) is 3.15. The van der Waals surface area contributed by atoms with Crippen molar-refractivity contribution in [2.45, 2.75) is 56.1 Å². The van der Waals surface area contributed by atoms with E-state index in [4.69, 9.17) is 9.84 Å². The molecule has 3 aliphatic rings. The maximum atomic E-state index is 13.5. The topological polar surface area (TPSA) is 170 Å². The van der Waals surface area contributed by atoms with Crippen molar-refractivity contribution in [3.63, 3.8) is 0 Å². The molecule has 0 bridgehead atoms. The Labute approximate surface area is 290 Å². The third-order valence-corrected chi connectivity index (χ3v) is 9.08. The molecule has 2 unspecified atom stereocenters. The van der Waals surface area contributed by atoms with Gasteiger partial charge < -0.3 is 20.5 Å². The summed E-state index contributed by atoms with van der Waals surface area (Å²) in [5, 5.41) is 14.3. The van der Waals surface area contributed by atoms with Crippen LogP contribution < -0.4 is 15.5 Å². The van der Waals surface area contributed by atoms with E-state index in [2.05, 4.69) is 25.6 Å². The van der Waals surface area contributed by atoms with Crippen molar-refractivity contribution in [2.75, 3.05) is 43.1 Å². The monoisotopic (exact) mass is 746 g/mol. The molecule has 2 aromatic rings. The van der Waals surface area contributed by atoms with Gasteiger partial charge in [0, 0.05) is 31.1 Å². The minimum atomic E-state index is -4.87. The van der Waals surface area contributed by atoms with Crippen LogP contribution in [0.2, 0.25) is 0 Å². The Bertz CT molecular complexity index is 1640. The molecule has 276 valence electrons. The number of fused-ring (bicyclic) bond motifs is 1. The van der Waals surface area contributed by atoms with Crippen molar-refractivity contribution in [1.82, 2.24) is 25.1 Å². The molecule has 4 heterocycles. The van der Waals surface area contributed by atoms with Crippen LogP contribution in [0.1, 0.15) is 35.7 Å². The van der Waals surface area contributed by atoms with Gasteiger partial charge in [-0.3, -0.25) is 29.1 Å². The number of carbonyl (C=O) groups excluding carboxylic acids is 4. The van der Waals surface area contributed by atoms with Gasteiger partial charge in [0.1, 0.15) is 24.2 Å². The van der Waals surface area contributed by atoms with Crippen LogP contribution in [0.25, 0.3) is 0 Å². The molecule has 2 aromatic heterocycles. The number of anilines is 2. The highest BCUT2D eigenvalue weighted by Crippen LogP contribution is 2.45. The molecule has 5 amide bonds. The molecule has 2 aliphatic heterocycles. The molecule has 2 atom stereocenters. The molecular formula is C30H32F6N8O6S. The molecule has 3 N–H and O–H groups in total. The number of hydrogen-bond acceptors (Lipinski definition) is 11. The number of alkyl halides is 6. The number of rotatable bonds is 12. The van der Waals surface area contributed by atoms with Gasteiger partial charge in [0.25, 0.3) is 11.8 Å². The first-order chi connectivity index (χ1) is 24.1. The number of halogens is 6. The SMILES string of the molecule is CC(=O)Nc1ccc(C(=O)N(CCOCCO)c2ccc(CSC3=NC4C(N3)C(=O)N(C3CC(C(F)(F)F)C3)C(=O)N4CC(F)(F)F)cn2)cn1. The number of ether oxygens (including phenoxy) is 1. The lowest BCUT2D eigenvalue weighted by atomic mass is 9.78. The second kappa shape index (κ2) is 15.4. The molecule has 5 rings (SSSR count). The van der Waals surface area contributed by atoms with Crippen LogP contribution in [0.4, 0.5) is 42.8 Å². The molecule has 14 nitrogen and oxygen atoms in total. The summed E-state index contributed by atoms with van der Waals surface area (Å²) in [6, 6.07) is 2.14. The highest BCUT2D eigenvalue weighted by Gasteiger charge is 2.58. The average Bonchev–Trinajstić information content (AvgIpc) is 3.47. The van der Waals surface area contributed by atoms with Gasteiger partial charge in [-0.25, -0.2) is 19.8 Å². The Morgan fingerprint density at radius 2 is 1.82 bits per heavy atom. The molecule has 2 fully saturated rings. The molecule has 51 heavy (non-hydrogen) atoms. The number of amidine groups is 1. The summed E-state index contributed by atoms with van der Waals surface area (Å²) in [6.07, 6.45) is -9.44. The maximum Gasteiger partial charge on any atom is 0.406 e. The summed E-state index contributed by atoms with van der Waals surface area (Å²) in [5.74, 6) is -2.93. The third kappa shape index (κ3) is 9.06. The molecule has 0 aromatic carbocycles. The number of aliphatic hydroxyl groups is 1. The van der Waals surface area contributed by atoms with Crippen LogP contribution in [-0.4, -0.2) is 117 Å². The Morgan fingerprint density at radius 3 is 2.41 bits per heavy atom. The fraction of sp³-hybridized carbons (Fsp3) is 0.500. The second-order valence-electron chi connectivity index (χ2n) is 11.8. The number of nitrogens with zero attached hydrogens (tertiary/aromatic N) is 6. The summed E-state index contributed by atoms with van der Waals surface area (Å²) >= 11 is 1.000. The van der Waals surface area contributed by atoms with Crippen LogP contribution in [0.5, 0.6) is 0 Å². The van der Waals surface area contributed by atoms with Crippen LogP contribution in [-0.2, 0) is 20.1 Å². The Balaban J connectivity index is 1.26. The smallest absolute Gasteiger partial charge is 0.394 e. The highest BCUT2D eigenvalue weighted by molar-refractivity contribution is 8.13. The standard InChI is InChI=1S/C30H32F6N8O6S/c1-16(46)39-21-4-3-18(13-37-21)25(47)42(6-8-50-9-7-45)22-5-2-17(12-38-22)14-51-27-40-23-24(41-27)43(15-29(31,32)33)28(49)44(26(23)48)20-10-19(11-20)30(34,35)36/h2-5,12-13,19-20,23-24,45H,6-11,14-15H2,1H3,(H,40,41)(H,37,39,46). The first-order valence-corrected chi connectivity index (χ1v) is 16.5. The normalized spacial score (nSPS) is 21.8. The Kier molecular flexibility index (Phi) is 11.4. The van der Waals surface area contributed by atoms with Gasteiger partial charge >= 0.3 is 18.4 Å². The summed E-state index contributed by atoms with van der Waals surface area (Å²) < 4.78 is 85.0. The molecule has 1 saturated heterocycles. The van der Waals surface area contributed by atoms with E-state index in [9.17, 15) is 45.5 Å². The second-order valence-corrected chi connectivity index (χ2v) is 12.8. The minimum absolute atomic E-state index is 0.0408. The quantitative estimate of drug-likeness (QED) is 0.217. The first kappa shape index (κ1) is 37.7. The average molecular weight is 747 g/mol.